The Morgan fingerprint density at radius 3 is 2.37 bits per heavy atom. The molecule has 0 unspecified atom stereocenters. The number of nitrogens with zero attached hydrogens (tertiary/aromatic N) is 2. The highest BCUT2D eigenvalue weighted by atomic mass is 16.4. The Labute approximate surface area is 172 Å². The highest BCUT2D eigenvalue weighted by Gasteiger charge is 2.34. The third-order valence-corrected chi connectivity index (χ3v) is 5.30. The summed E-state index contributed by atoms with van der Waals surface area (Å²) in [6.45, 7) is 3.26. The minimum Gasteiger partial charge on any atom is -0.478 e. The number of amides is 1. The molecule has 3 N–H and O–H groups in total. The SMILES string of the molecule is N#Cc1coc2ccc(C(=O)N[C@H]3CN4CCC3CC4)cc12.O=C(O)/C=C/C(=O)O. The van der Waals surface area contributed by atoms with Crippen molar-refractivity contribution in [2.24, 2.45) is 5.92 Å². The van der Waals surface area contributed by atoms with E-state index in [9.17, 15) is 14.4 Å². The zero-order chi connectivity index (χ0) is 21.7. The Morgan fingerprint density at radius 2 is 1.83 bits per heavy atom. The van der Waals surface area contributed by atoms with Gasteiger partial charge in [0.25, 0.3) is 5.91 Å². The molecule has 3 fully saturated rings. The zero-order valence-electron chi connectivity index (χ0n) is 16.1. The number of benzene rings is 1. The molecule has 5 rings (SSSR count). The summed E-state index contributed by atoms with van der Waals surface area (Å²) < 4.78 is 5.30. The van der Waals surface area contributed by atoms with Gasteiger partial charge in [0.05, 0.1) is 5.56 Å². The van der Waals surface area contributed by atoms with Gasteiger partial charge < -0.3 is 24.8 Å². The maximum Gasteiger partial charge on any atom is 0.328 e. The number of hydrogen-bond donors (Lipinski definition) is 3. The largest absolute Gasteiger partial charge is 0.478 e. The van der Waals surface area contributed by atoms with Crippen LogP contribution in [0.1, 0.15) is 28.8 Å². The molecule has 9 heteroatoms. The minimum atomic E-state index is -1.26. The second-order valence-corrected chi connectivity index (χ2v) is 7.20. The lowest BCUT2D eigenvalue weighted by Crippen LogP contribution is -2.57. The summed E-state index contributed by atoms with van der Waals surface area (Å²) in [5.74, 6) is -1.98. The number of furan rings is 1. The van der Waals surface area contributed by atoms with Crippen LogP contribution < -0.4 is 5.32 Å². The van der Waals surface area contributed by atoms with Crippen molar-refractivity contribution in [1.82, 2.24) is 10.2 Å². The van der Waals surface area contributed by atoms with Crippen LogP contribution in [-0.2, 0) is 9.59 Å². The van der Waals surface area contributed by atoms with Gasteiger partial charge >= 0.3 is 11.9 Å². The minimum absolute atomic E-state index is 0.0641. The maximum absolute atomic E-state index is 12.5. The van der Waals surface area contributed by atoms with Crippen molar-refractivity contribution in [3.8, 4) is 6.07 Å². The van der Waals surface area contributed by atoms with E-state index >= 15 is 0 Å². The molecule has 2 aromatic rings. The van der Waals surface area contributed by atoms with Crippen molar-refractivity contribution >= 4 is 28.8 Å². The van der Waals surface area contributed by atoms with Gasteiger partial charge in [-0.2, -0.15) is 5.26 Å². The maximum atomic E-state index is 12.5. The molecule has 1 aromatic heterocycles. The van der Waals surface area contributed by atoms with E-state index in [2.05, 4.69) is 16.3 Å². The van der Waals surface area contributed by atoms with E-state index in [1.165, 1.54) is 19.1 Å². The summed E-state index contributed by atoms with van der Waals surface area (Å²) in [5.41, 5.74) is 1.69. The Hall–Kier alpha value is -3.64. The Kier molecular flexibility index (Phi) is 6.49. The summed E-state index contributed by atoms with van der Waals surface area (Å²) in [4.78, 5) is 34.0. The normalized spacial score (nSPS) is 22.2. The van der Waals surface area contributed by atoms with Crippen molar-refractivity contribution in [3.05, 3.63) is 47.7 Å². The Morgan fingerprint density at radius 1 is 1.17 bits per heavy atom. The fourth-order valence-electron chi connectivity index (χ4n) is 3.78. The highest BCUT2D eigenvalue weighted by Crippen LogP contribution is 2.28. The molecule has 3 aliphatic heterocycles. The molecule has 1 amide bonds. The first-order valence-electron chi connectivity index (χ1n) is 9.46. The zero-order valence-corrected chi connectivity index (χ0v) is 16.1. The van der Waals surface area contributed by atoms with Gasteiger partial charge in [-0.15, -0.1) is 0 Å². The van der Waals surface area contributed by atoms with Gasteiger partial charge in [0.15, 0.2) is 0 Å². The molecule has 3 aliphatic rings. The van der Waals surface area contributed by atoms with E-state index in [0.717, 1.165) is 19.6 Å². The first kappa shape index (κ1) is 21.1. The van der Waals surface area contributed by atoms with E-state index in [0.29, 0.717) is 40.2 Å². The number of nitrogens with one attached hydrogen (secondary N) is 1. The summed E-state index contributed by atoms with van der Waals surface area (Å²) in [6, 6.07) is 7.58. The molecule has 1 atom stereocenters. The van der Waals surface area contributed by atoms with Crippen LogP contribution in [0.4, 0.5) is 0 Å². The van der Waals surface area contributed by atoms with Crippen LogP contribution in [0.15, 0.2) is 41.0 Å². The summed E-state index contributed by atoms with van der Waals surface area (Å²) in [5, 5.41) is 28.6. The Balaban J connectivity index is 0.000000275. The van der Waals surface area contributed by atoms with Crippen LogP contribution in [0.3, 0.4) is 0 Å². The molecule has 0 aliphatic carbocycles. The number of aliphatic carboxylic acids is 2. The molecular weight excluding hydrogens is 390 g/mol. The molecule has 0 radical (unpaired) electrons. The molecule has 0 spiro atoms. The van der Waals surface area contributed by atoms with E-state index in [-0.39, 0.29) is 11.9 Å². The third-order valence-electron chi connectivity index (χ3n) is 5.30. The lowest BCUT2D eigenvalue weighted by atomic mass is 9.84. The molecule has 156 valence electrons. The van der Waals surface area contributed by atoms with Crippen LogP contribution in [0, 0.1) is 17.2 Å². The number of carboxylic acid groups (broad SMARTS) is 2. The first-order chi connectivity index (χ1) is 14.4. The van der Waals surface area contributed by atoms with E-state index in [1.54, 1.807) is 18.2 Å². The second-order valence-electron chi connectivity index (χ2n) is 7.20. The van der Waals surface area contributed by atoms with Crippen molar-refractivity contribution in [2.75, 3.05) is 19.6 Å². The average molecular weight is 411 g/mol. The smallest absolute Gasteiger partial charge is 0.328 e. The van der Waals surface area contributed by atoms with Gasteiger partial charge in [-0.05, 0) is 50.0 Å². The fourth-order valence-corrected chi connectivity index (χ4v) is 3.78. The van der Waals surface area contributed by atoms with Crippen LogP contribution in [0.25, 0.3) is 11.0 Å². The molecule has 3 saturated heterocycles. The van der Waals surface area contributed by atoms with E-state index in [4.69, 9.17) is 19.9 Å². The number of carbonyl (C=O) groups is 3. The quantitative estimate of drug-likeness (QED) is 0.647. The predicted molar refractivity (Wildman–Crippen MR) is 106 cm³/mol. The van der Waals surface area contributed by atoms with Crippen LogP contribution in [0.2, 0.25) is 0 Å². The van der Waals surface area contributed by atoms with Gasteiger partial charge in [-0.3, -0.25) is 4.79 Å². The van der Waals surface area contributed by atoms with Crippen molar-refractivity contribution in [2.45, 2.75) is 18.9 Å². The number of carboxylic acids is 2. The number of carbonyl (C=O) groups excluding carboxylic acids is 1. The van der Waals surface area contributed by atoms with Gasteiger partial charge in [0, 0.05) is 35.7 Å². The van der Waals surface area contributed by atoms with Gasteiger partial charge in [-0.25, -0.2) is 9.59 Å². The fraction of sp³-hybridized carbons (Fsp3) is 0.333. The van der Waals surface area contributed by atoms with E-state index in [1.807, 2.05) is 0 Å². The highest BCUT2D eigenvalue weighted by molar-refractivity contribution is 5.99. The summed E-state index contributed by atoms with van der Waals surface area (Å²) in [6.07, 6.45) is 4.89. The monoisotopic (exact) mass is 411 g/mol. The summed E-state index contributed by atoms with van der Waals surface area (Å²) in [7, 11) is 0. The number of hydrogen-bond acceptors (Lipinski definition) is 6. The molecule has 30 heavy (non-hydrogen) atoms. The van der Waals surface area contributed by atoms with Crippen LogP contribution >= 0.6 is 0 Å². The number of fused-ring (bicyclic) bond motifs is 4. The van der Waals surface area contributed by atoms with Gasteiger partial charge in [-0.1, -0.05) is 0 Å². The Bertz CT molecular complexity index is 1010. The average Bonchev–Trinajstić information content (AvgIpc) is 3.16. The van der Waals surface area contributed by atoms with Crippen molar-refractivity contribution in [3.63, 3.8) is 0 Å². The van der Waals surface area contributed by atoms with E-state index < -0.39 is 11.9 Å². The third kappa shape index (κ3) is 5.04. The molecule has 1 aromatic carbocycles. The van der Waals surface area contributed by atoms with Crippen LogP contribution in [0.5, 0.6) is 0 Å². The molecule has 9 nitrogen and oxygen atoms in total. The van der Waals surface area contributed by atoms with Crippen molar-refractivity contribution < 1.29 is 29.0 Å². The molecule has 4 heterocycles. The van der Waals surface area contributed by atoms with Gasteiger partial charge in [0.2, 0.25) is 0 Å². The second kappa shape index (κ2) is 9.24. The number of piperidine rings is 3. The molecular formula is C21H21N3O6. The topological polar surface area (TPSA) is 144 Å². The first-order valence-corrected chi connectivity index (χ1v) is 9.46. The predicted octanol–water partition coefficient (Wildman–Crippen LogP) is 1.84. The lowest BCUT2D eigenvalue weighted by Gasteiger charge is -2.44. The van der Waals surface area contributed by atoms with Gasteiger partial charge in [0.1, 0.15) is 17.9 Å². The summed E-state index contributed by atoms with van der Waals surface area (Å²) >= 11 is 0. The lowest BCUT2D eigenvalue weighted by molar-refractivity contribution is -0.134. The number of rotatable bonds is 4. The standard InChI is InChI=1S/C17H17N3O2.C4H4O4/c18-8-13-10-22-16-2-1-12(7-14(13)16)17(21)19-15-9-20-5-3-11(15)4-6-20;5-3(6)1-2-4(7)8/h1-2,7,10-11,15H,3-6,9H2,(H,19,21);1-2H,(H,5,6)(H,7,8)/b;2-1+/t15-;/m0./s1. The van der Waals surface area contributed by atoms with Crippen molar-refractivity contribution in [1.29, 1.82) is 5.26 Å². The van der Waals surface area contributed by atoms with Crippen LogP contribution in [-0.4, -0.2) is 58.6 Å². The molecule has 2 bridgehead atoms. The number of nitriles is 1. The molecule has 0 saturated carbocycles.